The van der Waals surface area contributed by atoms with E-state index in [9.17, 15) is 4.79 Å². The van der Waals surface area contributed by atoms with E-state index in [1.165, 1.54) is 0 Å². The number of rotatable bonds is 6. The van der Waals surface area contributed by atoms with Gasteiger partial charge in [0.05, 0.1) is 11.7 Å². The van der Waals surface area contributed by atoms with E-state index in [4.69, 9.17) is 4.74 Å². The fraction of sp³-hybridized carbons (Fsp3) is 0.222. The Bertz CT molecular complexity index is 623. The molecule has 2 rings (SSSR count). The number of aromatic nitrogens is 1. The number of hydrogen-bond acceptors (Lipinski definition) is 3. The molecule has 0 saturated carbocycles. The fourth-order valence-corrected chi connectivity index (χ4v) is 2.05. The summed E-state index contributed by atoms with van der Waals surface area (Å²) in [5, 5.41) is 0. The van der Waals surface area contributed by atoms with Crippen LogP contribution in [0.3, 0.4) is 0 Å². The molecule has 0 radical (unpaired) electrons. The van der Waals surface area contributed by atoms with Crippen LogP contribution < -0.4 is 4.74 Å². The molecule has 0 aliphatic carbocycles. The summed E-state index contributed by atoms with van der Waals surface area (Å²) in [4.78, 5) is 18.5. The summed E-state index contributed by atoms with van der Waals surface area (Å²) in [6.45, 7) is 6.01. The van der Waals surface area contributed by atoms with Gasteiger partial charge in [-0.3, -0.25) is 9.78 Å². The first-order chi connectivity index (χ1) is 10.6. The Morgan fingerprint density at radius 2 is 2.05 bits per heavy atom. The van der Waals surface area contributed by atoms with Gasteiger partial charge >= 0.3 is 0 Å². The Kier molecular flexibility index (Phi) is 5.31. The highest BCUT2D eigenvalue weighted by Gasteiger charge is 2.19. The molecule has 0 unspecified atom stereocenters. The lowest BCUT2D eigenvalue weighted by atomic mass is 10.1. The van der Waals surface area contributed by atoms with Gasteiger partial charge in [-0.2, -0.15) is 0 Å². The molecule has 0 spiro atoms. The number of carbonyl (C=O) groups is 1. The number of hydrogen-bond donors (Lipinski definition) is 0. The van der Waals surface area contributed by atoms with Crippen LogP contribution in [0.15, 0.2) is 61.3 Å². The van der Waals surface area contributed by atoms with E-state index in [2.05, 4.69) is 11.6 Å². The average Bonchev–Trinajstić information content (AvgIpc) is 2.59. The lowest BCUT2D eigenvalue weighted by Gasteiger charge is -2.24. The highest BCUT2D eigenvalue weighted by atomic mass is 16.5. The molecule has 0 saturated heterocycles. The molecule has 2 aromatic rings. The van der Waals surface area contributed by atoms with Crippen molar-refractivity contribution in [3.8, 4) is 5.75 Å². The van der Waals surface area contributed by atoms with Crippen molar-refractivity contribution in [2.75, 3.05) is 13.7 Å². The molecule has 1 amide bonds. The van der Waals surface area contributed by atoms with Crippen molar-refractivity contribution in [3.63, 3.8) is 0 Å². The molecule has 22 heavy (non-hydrogen) atoms. The highest BCUT2D eigenvalue weighted by molar-refractivity contribution is 5.94. The topological polar surface area (TPSA) is 42.4 Å². The molecule has 0 aliphatic rings. The van der Waals surface area contributed by atoms with E-state index < -0.39 is 0 Å². The molecule has 4 heteroatoms. The molecule has 0 bridgehead atoms. The largest absolute Gasteiger partial charge is 0.490 e. The van der Waals surface area contributed by atoms with Gasteiger partial charge in [0.2, 0.25) is 0 Å². The summed E-state index contributed by atoms with van der Waals surface area (Å²) >= 11 is 0. The first-order valence-corrected chi connectivity index (χ1v) is 7.15. The predicted octanol–water partition coefficient (Wildman–Crippen LogP) is 3.48. The van der Waals surface area contributed by atoms with Crippen LogP contribution in [0.2, 0.25) is 0 Å². The number of ether oxygens (including phenoxy) is 1. The third-order valence-electron chi connectivity index (χ3n) is 3.49. The molecule has 1 atom stereocenters. The molecule has 1 aromatic heterocycles. The molecule has 0 fully saturated rings. The maximum atomic E-state index is 12.5. The minimum absolute atomic E-state index is 0.0478. The quantitative estimate of drug-likeness (QED) is 0.766. The van der Waals surface area contributed by atoms with Gasteiger partial charge in [0.15, 0.2) is 0 Å². The van der Waals surface area contributed by atoms with Gasteiger partial charge < -0.3 is 9.64 Å². The molecule has 0 aliphatic heterocycles. The van der Waals surface area contributed by atoms with Crippen LogP contribution >= 0.6 is 0 Å². The van der Waals surface area contributed by atoms with Crippen molar-refractivity contribution in [2.24, 2.45) is 0 Å². The molecule has 1 heterocycles. The summed E-state index contributed by atoms with van der Waals surface area (Å²) in [6, 6.07) is 12.7. The number of amides is 1. The van der Waals surface area contributed by atoms with Gasteiger partial charge in [-0.15, -0.1) is 0 Å². The lowest BCUT2D eigenvalue weighted by Crippen LogP contribution is -2.30. The van der Waals surface area contributed by atoms with Crippen molar-refractivity contribution < 1.29 is 9.53 Å². The monoisotopic (exact) mass is 296 g/mol. The maximum absolute atomic E-state index is 12.5. The van der Waals surface area contributed by atoms with Gasteiger partial charge in [-0.1, -0.05) is 18.7 Å². The van der Waals surface area contributed by atoms with E-state index in [-0.39, 0.29) is 11.9 Å². The van der Waals surface area contributed by atoms with Crippen molar-refractivity contribution in [1.82, 2.24) is 9.88 Å². The molecule has 1 aromatic carbocycles. The zero-order valence-electron chi connectivity index (χ0n) is 12.9. The first-order valence-electron chi connectivity index (χ1n) is 7.15. The van der Waals surface area contributed by atoms with Crippen LogP contribution in [0.4, 0.5) is 0 Å². The van der Waals surface area contributed by atoms with Gasteiger partial charge in [0.25, 0.3) is 5.91 Å². The Morgan fingerprint density at radius 1 is 1.32 bits per heavy atom. The van der Waals surface area contributed by atoms with Crippen molar-refractivity contribution in [1.29, 1.82) is 0 Å². The number of benzene rings is 1. The summed E-state index contributed by atoms with van der Waals surface area (Å²) in [6.07, 6.45) is 3.41. The third kappa shape index (κ3) is 3.73. The molecular formula is C18H20N2O2. The fourth-order valence-electron chi connectivity index (χ4n) is 2.05. The third-order valence-corrected chi connectivity index (χ3v) is 3.49. The van der Waals surface area contributed by atoms with E-state index in [1.54, 1.807) is 48.5 Å². The second-order valence-electron chi connectivity index (χ2n) is 4.97. The van der Waals surface area contributed by atoms with Crippen molar-refractivity contribution in [2.45, 2.75) is 13.0 Å². The van der Waals surface area contributed by atoms with E-state index in [0.717, 1.165) is 11.4 Å². The molecule has 4 nitrogen and oxygen atoms in total. The normalized spacial score (nSPS) is 11.5. The van der Waals surface area contributed by atoms with E-state index >= 15 is 0 Å². The Hall–Kier alpha value is -2.62. The van der Waals surface area contributed by atoms with E-state index in [0.29, 0.717) is 12.2 Å². The van der Waals surface area contributed by atoms with Crippen molar-refractivity contribution >= 4 is 5.91 Å². The summed E-state index contributed by atoms with van der Waals surface area (Å²) in [7, 11) is 1.78. The van der Waals surface area contributed by atoms with Gasteiger partial charge in [0, 0.05) is 18.8 Å². The van der Waals surface area contributed by atoms with Crippen LogP contribution in [-0.4, -0.2) is 29.4 Å². The highest BCUT2D eigenvalue weighted by Crippen LogP contribution is 2.20. The lowest BCUT2D eigenvalue weighted by molar-refractivity contribution is 0.0740. The van der Waals surface area contributed by atoms with Crippen LogP contribution in [-0.2, 0) is 0 Å². The maximum Gasteiger partial charge on any atom is 0.254 e. The second-order valence-corrected chi connectivity index (χ2v) is 4.97. The molecule has 114 valence electrons. The van der Waals surface area contributed by atoms with Gasteiger partial charge in [-0.25, -0.2) is 0 Å². The Morgan fingerprint density at radius 3 is 2.64 bits per heavy atom. The standard InChI is InChI=1S/C18H20N2O2/c1-4-13-22-16-10-8-15(9-11-16)18(21)20(3)14(2)17-7-5-6-12-19-17/h4-12,14H,1,13H2,2-3H3/t14-/m1/s1. The zero-order chi connectivity index (χ0) is 15.9. The second kappa shape index (κ2) is 7.41. The van der Waals surface area contributed by atoms with Crippen LogP contribution in [0.1, 0.15) is 29.0 Å². The summed E-state index contributed by atoms with van der Waals surface area (Å²) < 4.78 is 5.41. The first kappa shape index (κ1) is 15.8. The molecular weight excluding hydrogens is 276 g/mol. The summed E-state index contributed by atoms with van der Waals surface area (Å²) in [5.74, 6) is 0.672. The number of nitrogens with zero attached hydrogens (tertiary/aromatic N) is 2. The minimum atomic E-state index is -0.0922. The van der Waals surface area contributed by atoms with Crippen LogP contribution in [0.25, 0.3) is 0 Å². The average molecular weight is 296 g/mol. The van der Waals surface area contributed by atoms with Gasteiger partial charge in [0.1, 0.15) is 12.4 Å². The Labute approximate surface area is 131 Å². The van der Waals surface area contributed by atoms with Crippen LogP contribution in [0.5, 0.6) is 5.75 Å². The molecule has 0 N–H and O–H groups in total. The summed E-state index contributed by atoms with van der Waals surface area (Å²) in [5.41, 5.74) is 1.49. The van der Waals surface area contributed by atoms with Gasteiger partial charge in [-0.05, 0) is 43.3 Å². The minimum Gasteiger partial charge on any atom is -0.490 e. The van der Waals surface area contributed by atoms with Crippen molar-refractivity contribution in [3.05, 3.63) is 72.6 Å². The number of pyridine rings is 1. The number of carbonyl (C=O) groups excluding carboxylic acids is 1. The van der Waals surface area contributed by atoms with E-state index in [1.807, 2.05) is 25.1 Å². The zero-order valence-corrected chi connectivity index (χ0v) is 12.9. The Balaban J connectivity index is 2.08. The smallest absolute Gasteiger partial charge is 0.254 e. The van der Waals surface area contributed by atoms with Crippen LogP contribution in [0, 0.1) is 0 Å². The SMILES string of the molecule is C=CCOc1ccc(C(=O)N(C)[C@H](C)c2ccccn2)cc1. The predicted molar refractivity (Wildman–Crippen MR) is 86.9 cm³/mol.